The third kappa shape index (κ3) is 3.42. The van der Waals surface area contributed by atoms with Crippen molar-refractivity contribution in [1.29, 1.82) is 0 Å². The molecule has 6 nitrogen and oxygen atoms in total. The zero-order chi connectivity index (χ0) is 15.2. The molecule has 2 aromatic rings. The van der Waals surface area contributed by atoms with Crippen molar-refractivity contribution in [3.8, 4) is 11.6 Å². The van der Waals surface area contributed by atoms with Crippen LogP contribution in [0.5, 0.6) is 5.88 Å². The fraction of sp³-hybridized carbons (Fsp3) is 0.200. The highest BCUT2D eigenvalue weighted by atomic mass is 16.6. The van der Waals surface area contributed by atoms with E-state index in [9.17, 15) is 9.90 Å². The van der Waals surface area contributed by atoms with Crippen LogP contribution in [-0.4, -0.2) is 27.5 Å². The Labute approximate surface area is 122 Å². The summed E-state index contributed by atoms with van der Waals surface area (Å²) in [5, 5.41) is 13.7. The Balaban J connectivity index is 2.14. The molecule has 0 atom stereocenters. The van der Waals surface area contributed by atoms with Crippen LogP contribution >= 0.6 is 0 Å². The summed E-state index contributed by atoms with van der Waals surface area (Å²) < 4.78 is 1.21. The predicted molar refractivity (Wildman–Crippen MR) is 81.2 cm³/mol. The number of aromatic nitrogens is 2. The molecule has 2 rings (SSSR count). The summed E-state index contributed by atoms with van der Waals surface area (Å²) in [6.07, 6.45) is 5.32. The van der Waals surface area contributed by atoms with Gasteiger partial charge in [-0.2, -0.15) is 0 Å². The number of aryl methyl sites for hydroxylation is 1. The van der Waals surface area contributed by atoms with E-state index in [2.05, 4.69) is 10.1 Å². The van der Waals surface area contributed by atoms with Crippen LogP contribution in [0.2, 0.25) is 0 Å². The van der Waals surface area contributed by atoms with Gasteiger partial charge in [0.2, 0.25) is 5.88 Å². The SMILES string of the molecule is CC=CCON=Cc1ccc(-n2c(O)c(C)[nH]c2=O)cc1. The Hall–Kier alpha value is -2.76. The molecule has 0 saturated heterocycles. The summed E-state index contributed by atoms with van der Waals surface area (Å²) in [5.41, 5.74) is 1.47. The van der Waals surface area contributed by atoms with Gasteiger partial charge >= 0.3 is 5.69 Å². The van der Waals surface area contributed by atoms with Gasteiger partial charge in [0, 0.05) is 0 Å². The van der Waals surface area contributed by atoms with Crippen LogP contribution in [0.4, 0.5) is 0 Å². The number of nitrogens with one attached hydrogen (secondary N) is 1. The van der Waals surface area contributed by atoms with Crippen molar-refractivity contribution in [2.24, 2.45) is 5.16 Å². The van der Waals surface area contributed by atoms with Crippen LogP contribution in [0.15, 0.2) is 46.4 Å². The Morgan fingerprint density at radius 3 is 2.67 bits per heavy atom. The maximum absolute atomic E-state index is 11.7. The molecule has 0 fully saturated rings. The first-order valence-corrected chi connectivity index (χ1v) is 6.51. The maximum Gasteiger partial charge on any atom is 0.333 e. The molecule has 0 aliphatic rings. The number of aromatic hydroxyl groups is 1. The molecule has 0 spiro atoms. The van der Waals surface area contributed by atoms with Crippen LogP contribution < -0.4 is 5.69 Å². The molecule has 110 valence electrons. The van der Waals surface area contributed by atoms with Gasteiger partial charge in [0.25, 0.3) is 0 Å². The largest absolute Gasteiger partial charge is 0.493 e. The zero-order valence-corrected chi connectivity index (χ0v) is 11.9. The van der Waals surface area contributed by atoms with E-state index >= 15 is 0 Å². The number of rotatable bonds is 5. The lowest BCUT2D eigenvalue weighted by Gasteiger charge is -2.03. The molecule has 6 heteroatoms. The number of H-pyrrole nitrogens is 1. The van der Waals surface area contributed by atoms with E-state index in [1.54, 1.807) is 37.4 Å². The van der Waals surface area contributed by atoms with Crippen molar-refractivity contribution in [2.45, 2.75) is 13.8 Å². The number of allylic oxidation sites excluding steroid dienone is 1. The molecule has 0 aliphatic heterocycles. The normalized spacial score (nSPS) is 11.5. The second kappa shape index (κ2) is 6.60. The molecule has 0 bridgehead atoms. The van der Waals surface area contributed by atoms with Crippen LogP contribution in [0, 0.1) is 6.92 Å². The number of oxime groups is 1. The van der Waals surface area contributed by atoms with Crippen LogP contribution in [0.1, 0.15) is 18.2 Å². The summed E-state index contributed by atoms with van der Waals surface area (Å²) >= 11 is 0. The number of imidazole rings is 1. The van der Waals surface area contributed by atoms with Gasteiger partial charge in [-0.1, -0.05) is 23.4 Å². The predicted octanol–water partition coefficient (Wildman–Crippen LogP) is 2.11. The number of benzene rings is 1. The first kappa shape index (κ1) is 14.6. The Morgan fingerprint density at radius 1 is 1.38 bits per heavy atom. The number of hydrogen-bond donors (Lipinski definition) is 2. The highest BCUT2D eigenvalue weighted by Crippen LogP contribution is 2.17. The molecule has 0 aliphatic carbocycles. The highest BCUT2D eigenvalue weighted by Gasteiger charge is 2.10. The number of aromatic amines is 1. The quantitative estimate of drug-likeness (QED) is 0.382. The first-order valence-electron chi connectivity index (χ1n) is 6.51. The Bertz CT molecular complexity index is 709. The lowest BCUT2D eigenvalue weighted by atomic mass is 10.2. The average Bonchev–Trinajstić information content (AvgIpc) is 2.73. The number of nitrogens with zero attached hydrogens (tertiary/aromatic N) is 2. The van der Waals surface area contributed by atoms with E-state index in [1.165, 1.54) is 4.57 Å². The monoisotopic (exact) mass is 287 g/mol. The van der Waals surface area contributed by atoms with Crippen LogP contribution in [-0.2, 0) is 4.84 Å². The van der Waals surface area contributed by atoms with Crippen LogP contribution in [0.25, 0.3) is 5.69 Å². The summed E-state index contributed by atoms with van der Waals surface area (Å²) in [6.45, 7) is 3.97. The molecule has 21 heavy (non-hydrogen) atoms. The van der Waals surface area contributed by atoms with Gasteiger partial charge in [-0.25, -0.2) is 9.36 Å². The van der Waals surface area contributed by atoms with Crippen molar-refractivity contribution < 1.29 is 9.94 Å². The van der Waals surface area contributed by atoms with Gasteiger partial charge in [-0.05, 0) is 37.6 Å². The molecule has 1 aromatic heterocycles. The second-order valence-corrected chi connectivity index (χ2v) is 4.41. The van der Waals surface area contributed by atoms with Gasteiger partial charge in [-0.15, -0.1) is 0 Å². The van der Waals surface area contributed by atoms with Crippen molar-refractivity contribution >= 4 is 6.21 Å². The van der Waals surface area contributed by atoms with Crippen molar-refractivity contribution in [2.75, 3.05) is 6.61 Å². The van der Waals surface area contributed by atoms with Gasteiger partial charge < -0.3 is 14.9 Å². The molecule has 0 unspecified atom stereocenters. The first-order chi connectivity index (χ1) is 10.1. The van der Waals surface area contributed by atoms with Gasteiger partial charge in [0.05, 0.1) is 17.6 Å². The Morgan fingerprint density at radius 2 is 2.10 bits per heavy atom. The molecule has 0 saturated carbocycles. The van der Waals surface area contributed by atoms with E-state index in [-0.39, 0.29) is 11.6 Å². The lowest BCUT2D eigenvalue weighted by molar-refractivity contribution is 0.176. The van der Waals surface area contributed by atoms with Crippen molar-refractivity contribution in [3.05, 3.63) is 58.2 Å². The molecular formula is C15H17N3O3. The summed E-state index contributed by atoms with van der Waals surface area (Å²) in [4.78, 5) is 19.3. The van der Waals surface area contributed by atoms with Gasteiger partial charge in [0.1, 0.15) is 6.61 Å². The second-order valence-electron chi connectivity index (χ2n) is 4.41. The summed E-state index contributed by atoms with van der Waals surface area (Å²) in [7, 11) is 0. The lowest BCUT2D eigenvalue weighted by Crippen LogP contribution is -2.14. The standard InChI is InChI=1S/C15H17N3O3/c1-3-4-9-21-16-10-12-5-7-13(8-6-12)18-14(19)11(2)17-15(18)20/h3-8,10,19H,9H2,1-2H3,(H,17,20). The Kier molecular flexibility index (Phi) is 4.61. The molecule has 0 amide bonds. The third-order valence-electron chi connectivity index (χ3n) is 2.88. The zero-order valence-electron chi connectivity index (χ0n) is 11.9. The van der Waals surface area contributed by atoms with E-state index in [4.69, 9.17) is 4.84 Å². The molecule has 2 N–H and O–H groups in total. The molecule has 1 aromatic carbocycles. The van der Waals surface area contributed by atoms with Crippen molar-refractivity contribution in [1.82, 2.24) is 9.55 Å². The highest BCUT2D eigenvalue weighted by molar-refractivity contribution is 5.79. The fourth-order valence-electron chi connectivity index (χ4n) is 1.77. The molecule has 1 heterocycles. The van der Waals surface area contributed by atoms with Gasteiger partial charge in [-0.3, -0.25) is 0 Å². The van der Waals surface area contributed by atoms with Crippen LogP contribution in [0.3, 0.4) is 0 Å². The minimum atomic E-state index is -0.374. The average molecular weight is 287 g/mol. The third-order valence-corrected chi connectivity index (χ3v) is 2.88. The van der Waals surface area contributed by atoms with E-state index in [1.807, 2.05) is 19.1 Å². The molecular weight excluding hydrogens is 270 g/mol. The van der Waals surface area contributed by atoms with Gasteiger partial charge in [0.15, 0.2) is 0 Å². The maximum atomic E-state index is 11.7. The summed E-state index contributed by atoms with van der Waals surface area (Å²) in [6, 6.07) is 7.02. The minimum absolute atomic E-state index is 0.0869. The smallest absolute Gasteiger partial charge is 0.333 e. The topological polar surface area (TPSA) is 79.6 Å². The van der Waals surface area contributed by atoms with E-state index < -0.39 is 0 Å². The molecule has 0 radical (unpaired) electrons. The van der Waals surface area contributed by atoms with Crippen molar-refractivity contribution in [3.63, 3.8) is 0 Å². The number of hydrogen-bond acceptors (Lipinski definition) is 4. The minimum Gasteiger partial charge on any atom is -0.493 e. The van der Waals surface area contributed by atoms with E-state index in [0.29, 0.717) is 18.0 Å². The summed E-state index contributed by atoms with van der Waals surface area (Å²) in [5.74, 6) is -0.0869. The fourth-order valence-corrected chi connectivity index (χ4v) is 1.77. The van der Waals surface area contributed by atoms with E-state index in [0.717, 1.165) is 5.56 Å².